The zero-order valence-electron chi connectivity index (χ0n) is 33.0. The van der Waals surface area contributed by atoms with Crippen molar-refractivity contribution in [3.05, 3.63) is 70.8 Å². The molecule has 7 atom stereocenters. The Morgan fingerprint density at radius 1 is 0.571 bits per heavy atom. The Balaban J connectivity index is 1.04. The number of hydrogen-bond donors (Lipinski definition) is 6. The summed E-state index contributed by atoms with van der Waals surface area (Å²) >= 11 is 0. The Labute approximate surface area is 331 Å². The predicted molar refractivity (Wildman–Crippen MR) is 212 cm³/mol. The molecule has 0 aliphatic heterocycles. The van der Waals surface area contributed by atoms with E-state index in [1.807, 2.05) is 0 Å². The van der Waals surface area contributed by atoms with Gasteiger partial charge in [-0.3, -0.25) is 9.59 Å². The molecule has 2 amide bonds. The smallest absolute Gasteiger partial charge is 0.254 e. The number of carbonyl (C=O) groups excluding carboxylic acids is 2. The van der Waals surface area contributed by atoms with E-state index in [1.165, 1.54) is 25.7 Å². The van der Waals surface area contributed by atoms with E-state index in [-0.39, 0.29) is 36.0 Å². The van der Waals surface area contributed by atoms with Gasteiger partial charge < -0.3 is 40.4 Å². The molecular formula is C46H64N2O8. The van der Waals surface area contributed by atoms with E-state index in [4.69, 9.17) is 0 Å². The zero-order chi connectivity index (χ0) is 39.2. The number of hydrogen-bond acceptors (Lipinski definition) is 8. The van der Waals surface area contributed by atoms with E-state index in [0.717, 1.165) is 103 Å². The maximum absolute atomic E-state index is 14.2. The lowest BCUT2D eigenvalue weighted by atomic mass is 9.30. The van der Waals surface area contributed by atoms with Gasteiger partial charge in [0, 0.05) is 41.2 Å². The number of fused-ring (bicyclic) bond motifs is 1. The first kappa shape index (κ1) is 39.9. The average molecular weight is 773 g/mol. The Morgan fingerprint density at radius 3 is 1.25 bits per heavy atom. The molecule has 0 radical (unpaired) electrons. The first-order valence-corrected chi connectivity index (χ1v) is 22.1. The third kappa shape index (κ3) is 6.27. The minimum absolute atomic E-state index is 0.0156. The summed E-state index contributed by atoms with van der Waals surface area (Å²) in [4.78, 5) is 32.6. The molecule has 0 saturated heterocycles. The highest BCUT2D eigenvalue weighted by molar-refractivity contribution is 5.95. The molecule has 8 rings (SSSR count). The van der Waals surface area contributed by atoms with Crippen molar-refractivity contribution in [2.24, 2.45) is 0 Å². The van der Waals surface area contributed by atoms with Gasteiger partial charge in [0.1, 0.15) is 22.9 Å². The molecule has 0 spiro atoms. The number of nitrogens with zero attached hydrogens (tertiary/aromatic N) is 2. The fourth-order valence-electron chi connectivity index (χ4n) is 12.5. The van der Waals surface area contributed by atoms with E-state index in [1.54, 1.807) is 48.5 Å². The Hall–Kier alpha value is -2.86. The third-order valence-electron chi connectivity index (χ3n) is 15.3. The fraction of sp³-hybridized carbons (Fsp3) is 0.696. The number of amides is 2. The van der Waals surface area contributed by atoms with Crippen molar-refractivity contribution < 1.29 is 40.2 Å². The van der Waals surface area contributed by atoms with Crippen LogP contribution in [0.15, 0.2) is 48.5 Å². The number of benzene rings is 2. The van der Waals surface area contributed by atoms with Gasteiger partial charge in [-0.1, -0.05) is 101 Å². The summed E-state index contributed by atoms with van der Waals surface area (Å²) in [7, 11) is 0. The van der Waals surface area contributed by atoms with Gasteiger partial charge in [0.05, 0.1) is 18.6 Å². The lowest BCUT2D eigenvalue weighted by Crippen LogP contribution is -2.99. The summed E-state index contributed by atoms with van der Waals surface area (Å²) in [5.41, 5.74) is -5.41. The Morgan fingerprint density at radius 2 is 0.911 bits per heavy atom. The van der Waals surface area contributed by atoms with Gasteiger partial charge in [-0.05, 0) is 86.8 Å². The second kappa shape index (κ2) is 16.1. The van der Waals surface area contributed by atoms with Crippen LogP contribution in [0.1, 0.15) is 172 Å². The fourth-order valence-corrected chi connectivity index (χ4v) is 12.5. The summed E-state index contributed by atoms with van der Waals surface area (Å²) in [5, 5.41) is 69.8. The molecule has 6 aliphatic rings. The molecule has 10 nitrogen and oxygen atoms in total. The lowest BCUT2D eigenvalue weighted by Gasteiger charge is -2.80. The summed E-state index contributed by atoms with van der Waals surface area (Å²) in [6.07, 6.45) is 18.3. The summed E-state index contributed by atoms with van der Waals surface area (Å²) < 4.78 is 0. The second-order valence-corrected chi connectivity index (χ2v) is 18.3. The summed E-state index contributed by atoms with van der Waals surface area (Å²) in [5.74, 6) is -2.63. The molecule has 6 saturated carbocycles. The minimum atomic E-state index is -2.45. The second-order valence-electron chi connectivity index (χ2n) is 18.3. The van der Waals surface area contributed by atoms with Crippen molar-refractivity contribution in [3.8, 4) is 0 Å². The highest BCUT2D eigenvalue weighted by atomic mass is 16.5. The minimum Gasteiger partial charge on any atom is -0.394 e. The van der Waals surface area contributed by atoms with Crippen LogP contribution < -0.4 is 0 Å². The van der Waals surface area contributed by atoms with Crippen LogP contribution in [0.3, 0.4) is 0 Å². The van der Waals surface area contributed by atoms with Crippen LogP contribution in [0, 0.1) is 0 Å². The van der Waals surface area contributed by atoms with Crippen LogP contribution in [0.5, 0.6) is 0 Å². The van der Waals surface area contributed by atoms with Crippen molar-refractivity contribution in [3.63, 3.8) is 0 Å². The lowest BCUT2D eigenvalue weighted by molar-refractivity contribution is -0.459. The molecule has 306 valence electrons. The molecule has 56 heavy (non-hydrogen) atoms. The Kier molecular flexibility index (Phi) is 11.5. The number of carbonyl (C=O) groups is 2. The first-order chi connectivity index (χ1) is 27.1. The highest BCUT2D eigenvalue weighted by Gasteiger charge is 2.93. The molecule has 10 heteroatoms. The predicted octanol–water partition coefficient (Wildman–Crippen LogP) is 5.70. The molecule has 0 aromatic heterocycles. The molecule has 6 N–H and O–H groups in total. The van der Waals surface area contributed by atoms with Gasteiger partial charge in [0.15, 0.2) is 0 Å². The summed E-state index contributed by atoms with van der Waals surface area (Å²) in [6.45, 7) is -0.895. The van der Waals surface area contributed by atoms with E-state index in [2.05, 4.69) is 9.80 Å². The van der Waals surface area contributed by atoms with Crippen LogP contribution >= 0.6 is 0 Å². The van der Waals surface area contributed by atoms with E-state index >= 15 is 0 Å². The van der Waals surface area contributed by atoms with Gasteiger partial charge >= 0.3 is 0 Å². The zero-order valence-corrected chi connectivity index (χ0v) is 33.0. The van der Waals surface area contributed by atoms with Crippen LogP contribution in [0.25, 0.3) is 0 Å². The monoisotopic (exact) mass is 772 g/mol. The van der Waals surface area contributed by atoms with Crippen LogP contribution in [-0.2, 0) is 0 Å². The van der Waals surface area contributed by atoms with Crippen molar-refractivity contribution in [2.75, 3.05) is 6.61 Å². The van der Waals surface area contributed by atoms with Gasteiger partial charge in [0.25, 0.3) is 11.8 Å². The maximum atomic E-state index is 14.2. The third-order valence-corrected chi connectivity index (χ3v) is 15.3. The van der Waals surface area contributed by atoms with Gasteiger partial charge in [-0.15, -0.1) is 0 Å². The van der Waals surface area contributed by atoms with Crippen LogP contribution in [0.4, 0.5) is 0 Å². The number of aliphatic hydroxyl groups excluding tert-OH is 3. The largest absolute Gasteiger partial charge is 0.394 e. The molecule has 0 bridgehead atoms. The standard InChI is InChI=1S/C46H64N2O8/c49-29-38(50)44(54)40(31-23-27-33(28-24-31)43(53)48(36-17-9-3-10-18-36)37-19-11-4-12-20-37)45(55)41(51)39(46(44,45)56)30-21-25-32(26-22-30)42(52)47(34-13-5-1-6-14-34)35-15-7-2-8-16-35/h21-28,34-41,49-51,54-56H,1-20,29H2/t38-,39?,40?,41?,44+,45+,46+/m1/s1. The quantitative estimate of drug-likeness (QED) is 0.179. The van der Waals surface area contributed by atoms with Crippen molar-refractivity contribution >= 4 is 11.8 Å². The topological polar surface area (TPSA) is 162 Å². The molecule has 2 aromatic carbocycles. The SMILES string of the molecule is O=C(c1ccc(C2C(O)[C@@]3(O)C(c4ccc(C(=O)N(C5CCCCC5)C5CCCCC5)cc4)[C@@](O)([C@H](O)CO)[C@@]23O)cc1)N(C1CCCCC1)C1CCCCC1. The normalized spacial score (nSPS) is 33.8. The van der Waals surface area contributed by atoms with E-state index < -0.39 is 47.5 Å². The van der Waals surface area contributed by atoms with Crippen LogP contribution in [0.2, 0.25) is 0 Å². The summed E-state index contributed by atoms with van der Waals surface area (Å²) in [6, 6.07) is 14.1. The Bertz CT molecular complexity index is 1640. The molecule has 6 fully saturated rings. The number of aliphatic hydroxyl groups is 6. The van der Waals surface area contributed by atoms with Crippen molar-refractivity contribution in [1.29, 1.82) is 0 Å². The van der Waals surface area contributed by atoms with E-state index in [0.29, 0.717) is 22.3 Å². The average Bonchev–Trinajstić information content (AvgIpc) is 3.25. The van der Waals surface area contributed by atoms with Gasteiger partial charge in [-0.25, -0.2) is 0 Å². The first-order valence-electron chi connectivity index (χ1n) is 22.1. The van der Waals surface area contributed by atoms with Gasteiger partial charge in [-0.2, -0.15) is 0 Å². The molecule has 3 unspecified atom stereocenters. The maximum Gasteiger partial charge on any atom is 0.254 e. The highest BCUT2D eigenvalue weighted by Crippen LogP contribution is 2.75. The molecular weight excluding hydrogens is 709 g/mol. The van der Waals surface area contributed by atoms with Crippen molar-refractivity contribution in [1.82, 2.24) is 9.80 Å². The molecule has 6 aliphatic carbocycles. The number of rotatable bonds is 10. The molecule has 0 heterocycles. The molecule has 2 aromatic rings. The van der Waals surface area contributed by atoms with Crippen LogP contribution in [-0.4, -0.2) is 112 Å². The van der Waals surface area contributed by atoms with E-state index in [9.17, 15) is 40.2 Å². The van der Waals surface area contributed by atoms with Crippen molar-refractivity contribution in [2.45, 2.75) is 193 Å². The van der Waals surface area contributed by atoms with Gasteiger partial charge in [0.2, 0.25) is 0 Å².